The van der Waals surface area contributed by atoms with Crippen molar-refractivity contribution in [3.8, 4) is 0 Å². The van der Waals surface area contributed by atoms with Crippen LogP contribution in [0.25, 0.3) is 0 Å². The zero-order valence-electron chi connectivity index (χ0n) is 46.4. The van der Waals surface area contributed by atoms with Crippen molar-refractivity contribution in [2.24, 2.45) is 0 Å². The molecule has 0 aliphatic heterocycles. The molecule has 0 fully saturated rings. The van der Waals surface area contributed by atoms with Gasteiger partial charge in [-0.05, 0) is 25.7 Å². The summed E-state index contributed by atoms with van der Waals surface area (Å²) < 4.78 is 5.49. The molecule has 0 aromatic heterocycles. The van der Waals surface area contributed by atoms with Crippen LogP contribution in [-0.4, -0.2) is 47.4 Å². The molecule has 0 aliphatic carbocycles. The van der Waals surface area contributed by atoms with E-state index in [9.17, 15) is 19.8 Å². The average Bonchev–Trinajstić information content (AvgIpc) is 3.34. The van der Waals surface area contributed by atoms with Gasteiger partial charge < -0.3 is 20.3 Å². The largest absolute Gasteiger partial charge is 0.466 e. The molecule has 0 aliphatic rings. The highest BCUT2D eigenvalue weighted by Gasteiger charge is 2.20. The minimum Gasteiger partial charge on any atom is -0.466 e. The number of rotatable bonds is 59. The molecular formula is C62H123NO5. The number of nitrogens with one attached hydrogen (secondary N) is 1. The van der Waals surface area contributed by atoms with Gasteiger partial charge in [0.15, 0.2) is 0 Å². The second-order valence-electron chi connectivity index (χ2n) is 21.8. The number of hydrogen-bond acceptors (Lipinski definition) is 5. The number of ether oxygens (including phenoxy) is 1. The van der Waals surface area contributed by atoms with Gasteiger partial charge >= 0.3 is 5.97 Å². The lowest BCUT2D eigenvalue weighted by atomic mass is 10.0. The van der Waals surface area contributed by atoms with Gasteiger partial charge in [-0.25, -0.2) is 0 Å². The van der Waals surface area contributed by atoms with E-state index in [0.29, 0.717) is 25.9 Å². The summed E-state index contributed by atoms with van der Waals surface area (Å²) in [5, 5.41) is 23.3. The first kappa shape index (κ1) is 66.9. The minimum atomic E-state index is -0.663. The average molecular weight is 963 g/mol. The molecule has 0 spiro atoms. The molecule has 0 saturated heterocycles. The maximum atomic E-state index is 12.5. The van der Waals surface area contributed by atoms with E-state index in [1.807, 2.05) is 0 Å². The van der Waals surface area contributed by atoms with Crippen molar-refractivity contribution >= 4 is 11.9 Å². The van der Waals surface area contributed by atoms with Crippen LogP contribution in [0.3, 0.4) is 0 Å². The molecule has 1 amide bonds. The van der Waals surface area contributed by atoms with E-state index in [2.05, 4.69) is 19.2 Å². The molecule has 0 aromatic rings. The Morgan fingerprint density at radius 1 is 0.353 bits per heavy atom. The van der Waals surface area contributed by atoms with E-state index in [0.717, 1.165) is 38.5 Å². The lowest BCUT2D eigenvalue weighted by molar-refractivity contribution is -0.143. The highest BCUT2D eigenvalue weighted by Crippen LogP contribution is 2.19. The minimum absolute atomic E-state index is 0.0166. The fourth-order valence-electron chi connectivity index (χ4n) is 10.1. The molecule has 68 heavy (non-hydrogen) atoms. The monoisotopic (exact) mass is 962 g/mol. The molecule has 3 N–H and O–H groups in total. The third-order valence-corrected chi connectivity index (χ3v) is 14.9. The Bertz CT molecular complexity index is 975. The highest BCUT2D eigenvalue weighted by molar-refractivity contribution is 5.76. The van der Waals surface area contributed by atoms with Crippen LogP contribution in [0.5, 0.6) is 0 Å². The van der Waals surface area contributed by atoms with E-state index in [1.54, 1.807) is 0 Å². The second kappa shape index (κ2) is 58.4. The van der Waals surface area contributed by atoms with Crippen LogP contribution in [0.1, 0.15) is 361 Å². The van der Waals surface area contributed by atoms with Crippen molar-refractivity contribution in [3.05, 3.63) is 0 Å². The fourth-order valence-corrected chi connectivity index (χ4v) is 10.1. The first-order valence-electron chi connectivity index (χ1n) is 31.3. The van der Waals surface area contributed by atoms with E-state index >= 15 is 0 Å². The van der Waals surface area contributed by atoms with Crippen LogP contribution in [0.15, 0.2) is 0 Å². The first-order chi connectivity index (χ1) is 33.5. The number of amides is 1. The number of unbranched alkanes of at least 4 members (excludes halogenated alkanes) is 48. The predicted octanol–water partition coefficient (Wildman–Crippen LogP) is 19.5. The molecule has 2 atom stereocenters. The number of hydrogen-bond donors (Lipinski definition) is 3. The van der Waals surface area contributed by atoms with Gasteiger partial charge in [-0.3, -0.25) is 9.59 Å². The number of esters is 1. The lowest BCUT2D eigenvalue weighted by Gasteiger charge is -2.22. The standard InChI is InChI=1S/C62H123NO5/c1-3-5-7-9-11-13-15-17-27-30-34-38-42-46-50-54-60(65)59(58-64)63-61(66)55-51-47-43-39-35-31-28-25-23-21-19-20-22-24-26-29-33-37-41-45-49-53-57-68-62(67)56-52-48-44-40-36-32-18-16-14-12-10-8-6-4-2/h59-60,64-65H,3-58H2,1-2H3,(H,63,66). The van der Waals surface area contributed by atoms with E-state index in [-0.39, 0.29) is 18.5 Å². The van der Waals surface area contributed by atoms with Gasteiger partial charge in [0.05, 0.1) is 25.4 Å². The summed E-state index contributed by atoms with van der Waals surface area (Å²) in [5.74, 6) is -0.0154. The van der Waals surface area contributed by atoms with E-state index in [4.69, 9.17) is 4.74 Å². The van der Waals surface area contributed by atoms with Gasteiger partial charge in [0.1, 0.15) is 0 Å². The molecule has 0 heterocycles. The Morgan fingerprint density at radius 3 is 0.897 bits per heavy atom. The number of aliphatic hydroxyl groups excluding tert-OH is 2. The molecule has 0 aromatic carbocycles. The van der Waals surface area contributed by atoms with Gasteiger partial charge in [-0.2, -0.15) is 0 Å². The van der Waals surface area contributed by atoms with Gasteiger partial charge in [0.25, 0.3) is 0 Å². The summed E-state index contributed by atoms with van der Waals surface area (Å²) in [6, 6.07) is -0.540. The molecule has 6 heteroatoms. The summed E-state index contributed by atoms with van der Waals surface area (Å²) in [7, 11) is 0. The quantitative estimate of drug-likeness (QED) is 0.0417. The Kier molecular flexibility index (Phi) is 57.5. The van der Waals surface area contributed by atoms with Crippen molar-refractivity contribution in [1.82, 2.24) is 5.32 Å². The predicted molar refractivity (Wildman–Crippen MR) is 297 cm³/mol. The summed E-state index contributed by atoms with van der Waals surface area (Å²) in [6.45, 7) is 4.98. The van der Waals surface area contributed by atoms with Crippen LogP contribution in [0.2, 0.25) is 0 Å². The zero-order chi connectivity index (χ0) is 49.3. The van der Waals surface area contributed by atoms with Crippen LogP contribution in [0.4, 0.5) is 0 Å². The van der Waals surface area contributed by atoms with Crippen molar-refractivity contribution < 1.29 is 24.5 Å². The van der Waals surface area contributed by atoms with Gasteiger partial charge in [0, 0.05) is 12.8 Å². The van der Waals surface area contributed by atoms with Crippen molar-refractivity contribution in [2.75, 3.05) is 13.2 Å². The second-order valence-corrected chi connectivity index (χ2v) is 21.8. The fraction of sp³-hybridized carbons (Fsp3) is 0.968. The first-order valence-corrected chi connectivity index (χ1v) is 31.3. The van der Waals surface area contributed by atoms with Crippen LogP contribution < -0.4 is 5.32 Å². The Balaban J connectivity index is 3.35. The van der Waals surface area contributed by atoms with Gasteiger partial charge in [-0.1, -0.05) is 322 Å². The summed E-state index contributed by atoms with van der Waals surface area (Å²) in [5.41, 5.74) is 0. The molecule has 0 saturated carbocycles. The lowest BCUT2D eigenvalue weighted by Crippen LogP contribution is -2.45. The van der Waals surface area contributed by atoms with Crippen molar-refractivity contribution in [3.63, 3.8) is 0 Å². The topological polar surface area (TPSA) is 95.9 Å². The van der Waals surface area contributed by atoms with Crippen LogP contribution in [-0.2, 0) is 14.3 Å². The third kappa shape index (κ3) is 54.2. The van der Waals surface area contributed by atoms with Gasteiger partial charge in [-0.15, -0.1) is 0 Å². The molecule has 0 radical (unpaired) electrons. The van der Waals surface area contributed by atoms with Crippen molar-refractivity contribution in [1.29, 1.82) is 0 Å². The zero-order valence-corrected chi connectivity index (χ0v) is 46.4. The normalized spacial score (nSPS) is 12.5. The molecule has 406 valence electrons. The summed E-state index contributed by atoms with van der Waals surface area (Å²) in [4.78, 5) is 24.5. The Labute approximate surface area is 426 Å². The molecule has 2 unspecified atom stereocenters. The highest BCUT2D eigenvalue weighted by atomic mass is 16.5. The molecule has 6 nitrogen and oxygen atoms in total. The smallest absolute Gasteiger partial charge is 0.305 e. The molecular weight excluding hydrogens is 839 g/mol. The molecule has 0 rings (SSSR count). The van der Waals surface area contributed by atoms with Gasteiger partial charge in [0.2, 0.25) is 5.91 Å². The SMILES string of the molecule is CCCCCCCCCCCCCCCCCC(O)C(CO)NC(=O)CCCCCCCCCCCCCCCCCCCCCCCCOC(=O)CCCCCCCCCCCCCCCC. The maximum Gasteiger partial charge on any atom is 0.305 e. The van der Waals surface area contributed by atoms with Crippen molar-refractivity contribution in [2.45, 2.75) is 373 Å². The number of aliphatic hydroxyl groups is 2. The Hall–Kier alpha value is -1.14. The van der Waals surface area contributed by atoms with Crippen LogP contribution in [0, 0.1) is 0 Å². The van der Waals surface area contributed by atoms with Crippen LogP contribution >= 0.6 is 0 Å². The Morgan fingerprint density at radius 2 is 0.603 bits per heavy atom. The van der Waals surface area contributed by atoms with E-state index in [1.165, 1.54) is 289 Å². The summed E-state index contributed by atoms with van der Waals surface area (Å²) >= 11 is 0. The number of carbonyl (C=O) groups excluding carboxylic acids is 2. The number of carbonyl (C=O) groups is 2. The van der Waals surface area contributed by atoms with E-state index < -0.39 is 12.1 Å². The third-order valence-electron chi connectivity index (χ3n) is 14.9. The molecule has 0 bridgehead atoms. The summed E-state index contributed by atoms with van der Waals surface area (Å²) in [6.07, 6.45) is 68.2. The maximum absolute atomic E-state index is 12.5.